The van der Waals surface area contributed by atoms with Crippen LogP contribution in [0.2, 0.25) is 3.17 Å². The zero-order valence-electron chi connectivity index (χ0n) is 16.1. The summed E-state index contributed by atoms with van der Waals surface area (Å²) in [6.07, 6.45) is 10.9. The van der Waals surface area contributed by atoms with Gasteiger partial charge in [0.25, 0.3) is 0 Å². The molecule has 0 spiro atoms. The Labute approximate surface area is 144 Å². The Kier molecular flexibility index (Phi) is 7.71. The predicted molar refractivity (Wildman–Crippen MR) is 95.3 cm³/mol. The molecule has 0 saturated heterocycles. The minimum absolute atomic E-state index is 0.224. The summed E-state index contributed by atoms with van der Waals surface area (Å²) >= 11 is -3.24. The van der Waals surface area contributed by atoms with E-state index < -0.39 is 20.8 Å². The van der Waals surface area contributed by atoms with Crippen molar-refractivity contribution in [1.29, 1.82) is 0 Å². The standard InChI is InChI=1S/C9H13.3C3H8N.Hf/c1-3-8(2)9-6-4-5-7-9;3*1-3-4-2;/h4-8H,3H2,1-2H3;3*3H2,1-2H3;/q;3*-1;+3. The second kappa shape index (κ2) is 8.36. The van der Waals surface area contributed by atoms with Crippen LogP contribution in [-0.2, 0) is 20.8 Å². The summed E-state index contributed by atoms with van der Waals surface area (Å²) in [5.74, 6) is 0.668. The van der Waals surface area contributed by atoms with Crippen LogP contribution in [0, 0.1) is 5.92 Å². The number of hydrogen-bond donors (Lipinski definition) is 0. The molecule has 3 nitrogen and oxygen atoms in total. The van der Waals surface area contributed by atoms with Crippen LogP contribution in [0.5, 0.6) is 0 Å². The third kappa shape index (κ3) is 2.97. The molecule has 1 aliphatic carbocycles. The van der Waals surface area contributed by atoms with Gasteiger partial charge in [-0.15, -0.1) is 0 Å². The zero-order valence-corrected chi connectivity index (χ0v) is 19.6. The molecule has 22 heavy (non-hydrogen) atoms. The topological polar surface area (TPSA) is 9.72 Å². The molecule has 0 radical (unpaired) electrons. The summed E-state index contributed by atoms with van der Waals surface area (Å²) < 4.78 is 8.45. The van der Waals surface area contributed by atoms with Gasteiger partial charge in [0, 0.05) is 0 Å². The Balaban J connectivity index is 3.65. The first-order chi connectivity index (χ1) is 10.4. The molecule has 0 saturated carbocycles. The van der Waals surface area contributed by atoms with Gasteiger partial charge in [-0.2, -0.15) is 0 Å². The summed E-state index contributed by atoms with van der Waals surface area (Å²) in [6.45, 7) is 15.1. The summed E-state index contributed by atoms with van der Waals surface area (Å²) in [6, 6.07) is 0. The van der Waals surface area contributed by atoms with Crippen molar-refractivity contribution in [3.05, 3.63) is 24.3 Å². The average molecular weight is 474 g/mol. The first kappa shape index (κ1) is 20.3. The van der Waals surface area contributed by atoms with Crippen LogP contribution in [0.25, 0.3) is 0 Å². The fourth-order valence-corrected chi connectivity index (χ4v) is 27.8. The van der Waals surface area contributed by atoms with Crippen molar-refractivity contribution < 1.29 is 20.8 Å². The van der Waals surface area contributed by atoms with E-state index >= 15 is 0 Å². The Hall–Kier alpha value is 0.230. The molecule has 0 heterocycles. The molecule has 0 aromatic rings. The van der Waals surface area contributed by atoms with Crippen LogP contribution in [0.4, 0.5) is 0 Å². The van der Waals surface area contributed by atoms with Crippen molar-refractivity contribution in [3.63, 3.8) is 0 Å². The molecular weight excluding hydrogens is 437 g/mol. The van der Waals surface area contributed by atoms with Crippen LogP contribution in [0.15, 0.2) is 24.3 Å². The number of hydrogen-bond acceptors (Lipinski definition) is 3. The summed E-state index contributed by atoms with van der Waals surface area (Å²) in [4.78, 5) is 0. The van der Waals surface area contributed by atoms with Gasteiger partial charge in [0.05, 0.1) is 0 Å². The molecule has 0 aliphatic heterocycles. The van der Waals surface area contributed by atoms with Gasteiger partial charge in [-0.1, -0.05) is 0 Å². The van der Waals surface area contributed by atoms with Gasteiger partial charge in [-0.05, 0) is 0 Å². The van der Waals surface area contributed by atoms with Crippen molar-refractivity contribution in [3.8, 4) is 0 Å². The van der Waals surface area contributed by atoms with Gasteiger partial charge < -0.3 is 0 Å². The van der Waals surface area contributed by atoms with Gasteiger partial charge in [0.15, 0.2) is 0 Å². The van der Waals surface area contributed by atoms with E-state index in [4.69, 9.17) is 0 Å². The van der Waals surface area contributed by atoms with Crippen molar-refractivity contribution in [1.82, 2.24) is 8.66 Å². The van der Waals surface area contributed by atoms with E-state index in [1.54, 1.807) is 0 Å². The Morgan fingerprint density at radius 3 is 1.45 bits per heavy atom. The number of rotatable bonds is 9. The third-order valence-corrected chi connectivity index (χ3v) is 27.9. The van der Waals surface area contributed by atoms with Crippen molar-refractivity contribution in [2.45, 2.75) is 44.2 Å². The molecule has 0 amide bonds. The van der Waals surface area contributed by atoms with Crippen molar-refractivity contribution in [2.75, 3.05) is 40.8 Å². The normalized spacial score (nSPS) is 18.9. The number of allylic oxidation sites excluding steroid dienone is 4. The molecule has 4 heteroatoms. The SMILES string of the molecule is CCC(C)[C]1([Hf]([N](C)CC)([N](C)CC)[N](C)CC)C=CC=C1. The van der Waals surface area contributed by atoms with Crippen LogP contribution in [0.3, 0.4) is 0 Å². The second-order valence-corrected chi connectivity index (χ2v) is 22.5. The first-order valence-electron chi connectivity index (χ1n) is 8.89. The van der Waals surface area contributed by atoms with Gasteiger partial charge in [-0.3, -0.25) is 0 Å². The monoisotopic (exact) mass is 475 g/mol. The fraction of sp³-hybridized carbons (Fsp3) is 0.778. The Bertz CT molecular complexity index is 367. The van der Waals surface area contributed by atoms with Gasteiger partial charge in [0.2, 0.25) is 0 Å². The van der Waals surface area contributed by atoms with Crippen LogP contribution < -0.4 is 0 Å². The Morgan fingerprint density at radius 2 is 1.18 bits per heavy atom. The van der Waals surface area contributed by atoms with Crippen molar-refractivity contribution in [2.24, 2.45) is 5.92 Å². The average Bonchev–Trinajstić information content (AvgIpc) is 3.04. The van der Waals surface area contributed by atoms with E-state index in [0.29, 0.717) is 5.92 Å². The molecular formula is C18H37HfN3. The molecule has 1 atom stereocenters. The van der Waals surface area contributed by atoms with Crippen LogP contribution in [-0.4, -0.2) is 49.4 Å². The maximum atomic E-state index is 2.74. The maximum absolute atomic E-state index is 3.24. The molecule has 0 bridgehead atoms. The predicted octanol–water partition coefficient (Wildman–Crippen LogP) is 4.07. The summed E-state index contributed by atoms with van der Waals surface area (Å²) in [5, 5.41) is 0. The molecule has 1 unspecified atom stereocenters. The van der Waals surface area contributed by atoms with E-state index in [9.17, 15) is 0 Å². The second-order valence-electron chi connectivity index (χ2n) is 6.64. The molecule has 1 aliphatic rings. The van der Waals surface area contributed by atoms with E-state index in [1.807, 2.05) is 0 Å². The van der Waals surface area contributed by atoms with Crippen molar-refractivity contribution >= 4 is 0 Å². The van der Waals surface area contributed by atoms with Gasteiger partial charge in [-0.25, -0.2) is 0 Å². The van der Waals surface area contributed by atoms with E-state index in [2.05, 4.69) is 88.7 Å². The van der Waals surface area contributed by atoms with Crippen LogP contribution in [0.1, 0.15) is 41.0 Å². The molecule has 0 N–H and O–H groups in total. The molecule has 1 rings (SSSR count). The van der Waals surface area contributed by atoms with E-state index in [1.165, 1.54) is 6.42 Å². The summed E-state index contributed by atoms with van der Waals surface area (Å²) in [7, 11) is 7.10. The quantitative estimate of drug-likeness (QED) is 0.467. The first-order valence-corrected chi connectivity index (χ1v) is 15.5. The zero-order chi connectivity index (χ0) is 17.0. The van der Waals surface area contributed by atoms with E-state index in [0.717, 1.165) is 19.6 Å². The van der Waals surface area contributed by atoms with Crippen LogP contribution >= 0.6 is 0 Å². The Morgan fingerprint density at radius 1 is 0.818 bits per heavy atom. The molecule has 128 valence electrons. The fourth-order valence-electron chi connectivity index (χ4n) is 4.23. The van der Waals surface area contributed by atoms with Gasteiger partial charge in [0.1, 0.15) is 0 Å². The molecule has 0 aromatic carbocycles. The molecule has 0 fully saturated rings. The summed E-state index contributed by atoms with van der Waals surface area (Å²) in [5.41, 5.74) is 0. The minimum atomic E-state index is -3.24. The molecule has 0 aromatic heterocycles. The van der Waals surface area contributed by atoms with E-state index in [-0.39, 0.29) is 3.17 Å². The van der Waals surface area contributed by atoms with Gasteiger partial charge >= 0.3 is 145 Å². The number of nitrogens with zero attached hydrogens (tertiary/aromatic N) is 3. The third-order valence-electron chi connectivity index (χ3n) is 5.88.